The van der Waals surface area contributed by atoms with Gasteiger partial charge < -0.3 is 4.74 Å². The van der Waals surface area contributed by atoms with E-state index in [9.17, 15) is 18.0 Å². The molecule has 0 bridgehead atoms. The Morgan fingerprint density at radius 1 is 1.53 bits per heavy atom. The first kappa shape index (κ1) is 11.8. The highest BCUT2D eigenvalue weighted by molar-refractivity contribution is 6.34. The first-order chi connectivity index (χ1) is 6.79. The summed E-state index contributed by atoms with van der Waals surface area (Å²) >= 11 is 5.38. The molecule has 0 amide bonds. The third-order valence-electron chi connectivity index (χ3n) is 1.64. The van der Waals surface area contributed by atoms with Gasteiger partial charge in [-0.2, -0.15) is 18.3 Å². The van der Waals surface area contributed by atoms with Crippen LogP contribution in [0.15, 0.2) is 0 Å². The molecule has 8 heteroatoms. The van der Waals surface area contributed by atoms with Crippen LogP contribution in [-0.2, 0) is 18.0 Å². The van der Waals surface area contributed by atoms with Gasteiger partial charge in [0.1, 0.15) is 5.02 Å². The molecular weight excluding hydrogens is 237 g/mol. The molecule has 0 N–H and O–H groups in total. The summed E-state index contributed by atoms with van der Waals surface area (Å²) < 4.78 is 41.9. The lowest BCUT2D eigenvalue weighted by molar-refractivity contribution is -0.143. The normalized spacial score (nSPS) is 11.6. The van der Waals surface area contributed by atoms with Gasteiger partial charge in [-0.3, -0.25) is 4.68 Å². The van der Waals surface area contributed by atoms with Crippen molar-refractivity contribution in [3.63, 3.8) is 0 Å². The number of alkyl halides is 3. The number of nitrogens with zero attached hydrogens (tertiary/aromatic N) is 2. The molecule has 0 unspecified atom stereocenters. The minimum absolute atomic E-state index is 0.495. The largest absolute Gasteiger partial charge is 0.464 e. The third kappa shape index (κ3) is 2.06. The summed E-state index contributed by atoms with van der Waals surface area (Å²) in [7, 11) is 2.07. The standard InChI is InChI=1S/C7H6ClF3N2O2/c1-13-5(7(9,10)11)3(8)4(12-13)6(14)15-2/h1-2H3. The van der Waals surface area contributed by atoms with E-state index in [4.69, 9.17) is 11.6 Å². The highest BCUT2D eigenvalue weighted by Crippen LogP contribution is 2.35. The van der Waals surface area contributed by atoms with Gasteiger partial charge in [-0.25, -0.2) is 4.79 Å². The van der Waals surface area contributed by atoms with Gasteiger partial charge in [0.15, 0.2) is 11.4 Å². The van der Waals surface area contributed by atoms with Crippen molar-refractivity contribution in [2.24, 2.45) is 7.05 Å². The van der Waals surface area contributed by atoms with Crippen LogP contribution in [0.5, 0.6) is 0 Å². The molecule has 0 spiro atoms. The van der Waals surface area contributed by atoms with E-state index in [1.54, 1.807) is 0 Å². The van der Waals surface area contributed by atoms with Crippen molar-refractivity contribution in [2.75, 3.05) is 7.11 Å². The molecular formula is C7H6ClF3N2O2. The lowest BCUT2D eigenvalue weighted by atomic mass is 10.3. The molecule has 0 aliphatic carbocycles. The second-order valence-electron chi connectivity index (χ2n) is 2.62. The Morgan fingerprint density at radius 3 is 2.40 bits per heavy atom. The molecule has 0 saturated carbocycles. The Labute approximate surface area is 87.6 Å². The minimum atomic E-state index is -4.66. The zero-order valence-electron chi connectivity index (χ0n) is 7.72. The maximum atomic E-state index is 12.4. The van der Waals surface area contributed by atoms with E-state index < -0.39 is 28.6 Å². The lowest BCUT2D eigenvalue weighted by Crippen LogP contribution is -2.12. The number of aromatic nitrogens is 2. The number of methoxy groups -OCH3 is 1. The zero-order valence-corrected chi connectivity index (χ0v) is 8.48. The van der Waals surface area contributed by atoms with Crippen molar-refractivity contribution in [3.05, 3.63) is 16.4 Å². The van der Waals surface area contributed by atoms with Crippen LogP contribution in [-0.4, -0.2) is 22.9 Å². The number of hydrogen-bond donors (Lipinski definition) is 0. The molecule has 1 aromatic heterocycles. The van der Waals surface area contributed by atoms with Gasteiger partial charge in [0.25, 0.3) is 0 Å². The van der Waals surface area contributed by atoms with Crippen LogP contribution in [0, 0.1) is 0 Å². The number of rotatable bonds is 1. The molecule has 0 aliphatic heterocycles. The summed E-state index contributed by atoms with van der Waals surface area (Å²) in [5.41, 5.74) is -1.72. The van der Waals surface area contributed by atoms with Crippen LogP contribution in [0.3, 0.4) is 0 Å². The fourth-order valence-corrected chi connectivity index (χ4v) is 1.38. The van der Waals surface area contributed by atoms with Gasteiger partial charge in [-0.05, 0) is 0 Å². The number of ether oxygens (including phenoxy) is 1. The Bertz CT molecular complexity index is 400. The van der Waals surface area contributed by atoms with E-state index in [-0.39, 0.29) is 0 Å². The van der Waals surface area contributed by atoms with Crippen molar-refractivity contribution in [1.29, 1.82) is 0 Å². The average molecular weight is 243 g/mol. The van der Waals surface area contributed by atoms with Crippen LogP contribution in [0.2, 0.25) is 5.02 Å². The van der Waals surface area contributed by atoms with E-state index in [0.717, 1.165) is 14.2 Å². The molecule has 0 radical (unpaired) electrons. The Morgan fingerprint density at radius 2 is 2.07 bits per heavy atom. The molecule has 0 saturated heterocycles. The number of halogens is 4. The topological polar surface area (TPSA) is 44.1 Å². The molecule has 0 aliphatic rings. The highest BCUT2D eigenvalue weighted by Gasteiger charge is 2.40. The Hall–Kier alpha value is -1.24. The summed E-state index contributed by atoms with van der Waals surface area (Å²) in [4.78, 5) is 11.0. The number of carbonyl (C=O) groups excluding carboxylic acids is 1. The quantitative estimate of drug-likeness (QED) is 0.707. The molecule has 1 heterocycles. The van der Waals surface area contributed by atoms with Crippen molar-refractivity contribution in [3.8, 4) is 0 Å². The predicted molar refractivity (Wildman–Crippen MR) is 44.6 cm³/mol. The minimum Gasteiger partial charge on any atom is -0.464 e. The Kier molecular flexibility index (Phi) is 2.94. The van der Waals surface area contributed by atoms with Crippen molar-refractivity contribution >= 4 is 17.6 Å². The molecule has 0 aromatic carbocycles. The first-order valence-electron chi connectivity index (χ1n) is 3.67. The monoisotopic (exact) mass is 242 g/mol. The second-order valence-corrected chi connectivity index (χ2v) is 3.00. The molecule has 0 atom stereocenters. The number of hydrogen-bond acceptors (Lipinski definition) is 3. The number of carbonyl (C=O) groups is 1. The maximum absolute atomic E-state index is 12.4. The second kappa shape index (κ2) is 3.73. The van der Waals surface area contributed by atoms with E-state index in [1.165, 1.54) is 0 Å². The van der Waals surface area contributed by atoms with Gasteiger partial charge in [-0.1, -0.05) is 11.6 Å². The highest BCUT2D eigenvalue weighted by atomic mass is 35.5. The van der Waals surface area contributed by atoms with E-state index in [0.29, 0.717) is 4.68 Å². The van der Waals surface area contributed by atoms with Crippen LogP contribution in [0.4, 0.5) is 13.2 Å². The summed E-state index contributed by atoms with van der Waals surface area (Å²) in [5.74, 6) is -1.01. The molecule has 15 heavy (non-hydrogen) atoms. The van der Waals surface area contributed by atoms with Crippen molar-refractivity contribution in [2.45, 2.75) is 6.18 Å². The van der Waals surface area contributed by atoms with E-state index >= 15 is 0 Å². The van der Waals surface area contributed by atoms with Gasteiger partial charge in [0.05, 0.1) is 7.11 Å². The van der Waals surface area contributed by atoms with Gasteiger partial charge in [-0.15, -0.1) is 0 Å². The fourth-order valence-electron chi connectivity index (χ4n) is 1.03. The van der Waals surface area contributed by atoms with E-state index in [1.807, 2.05) is 0 Å². The molecule has 1 rings (SSSR count). The number of aryl methyl sites for hydroxylation is 1. The summed E-state index contributed by atoms with van der Waals surface area (Å²) in [6.45, 7) is 0. The van der Waals surface area contributed by atoms with Gasteiger partial charge in [0.2, 0.25) is 0 Å². The number of esters is 1. The van der Waals surface area contributed by atoms with Crippen LogP contribution in [0.25, 0.3) is 0 Å². The van der Waals surface area contributed by atoms with Gasteiger partial charge >= 0.3 is 12.1 Å². The summed E-state index contributed by atoms with van der Waals surface area (Å²) in [6.07, 6.45) is -4.66. The Balaban J connectivity index is 3.33. The van der Waals surface area contributed by atoms with Crippen molar-refractivity contribution in [1.82, 2.24) is 9.78 Å². The SMILES string of the molecule is COC(=O)c1nn(C)c(C(F)(F)F)c1Cl. The summed E-state index contributed by atoms with van der Waals surface area (Å²) in [5, 5.41) is 2.58. The first-order valence-corrected chi connectivity index (χ1v) is 4.04. The predicted octanol–water partition coefficient (Wildman–Crippen LogP) is 1.88. The van der Waals surface area contributed by atoms with Gasteiger partial charge in [0, 0.05) is 7.05 Å². The third-order valence-corrected chi connectivity index (χ3v) is 1.99. The summed E-state index contributed by atoms with van der Waals surface area (Å²) in [6, 6.07) is 0. The molecule has 0 fully saturated rings. The molecule has 1 aromatic rings. The molecule has 4 nitrogen and oxygen atoms in total. The van der Waals surface area contributed by atoms with Crippen LogP contribution in [0.1, 0.15) is 16.2 Å². The zero-order chi connectivity index (χ0) is 11.8. The van der Waals surface area contributed by atoms with Crippen LogP contribution >= 0.6 is 11.6 Å². The lowest BCUT2D eigenvalue weighted by Gasteiger charge is -2.05. The average Bonchev–Trinajstić information content (AvgIpc) is 2.39. The van der Waals surface area contributed by atoms with E-state index in [2.05, 4.69) is 9.84 Å². The smallest absolute Gasteiger partial charge is 0.434 e. The fraction of sp³-hybridized carbons (Fsp3) is 0.429. The maximum Gasteiger partial charge on any atom is 0.434 e. The van der Waals surface area contributed by atoms with Crippen LogP contribution < -0.4 is 0 Å². The van der Waals surface area contributed by atoms with Crippen molar-refractivity contribution < 1.29 is 22.7 Å². The molecule has 84 valence electrons.